The van der Waals surface area contributed by atoms with Crippen molar-refractivity contribution in [3.63, 3.8) is 0 Å². The number of para-hydroxylation sites is 2. The van der Waals surface area contributed by atoms with E-state index in [0.29, 0.717) is 0 Å². The number of aliphatic carboxylic acids is 1. The molecule has 4 amide bonds. The van der Waals surface area contributed by atoms with Gasteiger partial charge in [0.25, 0.3) is 11.8 Å². The van der Waals surface area contributed by atoms with Crippen molar-refractivity contribution in [2.24, 2.45) is 32.9 Å². The van der Waals surface area contributed by atoms with Crippen molar-refractivity contribution < 1.29 is 59.3 Å². The Morgan fingerprint density at radius 1 is 0.702 bits per heavy atom. The number of phenolic OH excluding ortho intramolecular Hbond substituents is 4. The van der Waals surface area contributed by atoms with Crippen LogP contribution in [-0.4, -0.2) is 122 Å². The highest BCUT2D eigenvalue weighted by Crippen LogP contribution is 2.29. The van der Waals surface area contributed by atoms with E-state index in [2.05, 4.69) is 37.8 Å². The molecule has 0 fully saturated rings. The van der Waals surface area contributed by atoms with Gasteiger partial charge in [-0.2, -0.15) is 0 Å². The standard InChI is InChI=1S/C35H50N10O12/c1-16(46)25(44-31(53)21(10-6-14-40-34(36)37)42-29(51)19-8-4-12-23(47)27(19)49)17(2)57-18(3)26(33(55)56)45-32(54)22(11-7-15-41-35(38)39)43-30(52)20-9-5-13-24(48)28(20)50/h4-5,8-9,12-13,16,18,21-22,25-26,46-50H,2,6-7,10-11,14-15H2,1,3H3,(H,42,51)(H,43,52)(H,44,53)(H,45,54)(H,55,56)(H4,36,37,40)(H4,38,39,41)/t16-,18-,21+,22+,25+,26+/m1/s1. The molecule has 0 aromatic heterocycles. The highest BCUT2D eigenvalue weighted by atomic mass is 16.5. The van der Waals surface area contributed by atoms with E-state index in [9.17, 15) is 54.6 Å². The molecular weight excluding hydrogens is 752 g/mol. The molecule has 0 radical (unpaired) electrons. The van der Waals surface area contributed by atoms with E-state index in [-0.39, 0.29) is 67.6 Å². The Morgan fingerprint density at radius 2 is 1.11 bits per heavy atom. The van der Waals surface area contributed by atoms with Gasteiger partial charge in [-0.1, -0.05) is 18.7 Å². The van der Waals surface area contributed by atoms with Crippen molar-refractivity contribution in [2.75, 3.05) is 13.1 Å². The third-order valence-electron chi connectivity index (χ3n) is 8.15. The van der Waals surface area contributed by atoms with Crippen LogP contribution in [-0.2, 0) is 19.1 Å². The molecule has 0 saturated heterocycles. The number of aliphatic hydroxyl groups excluding tert-OH is 1. The number of hydrogen-bond acceptors (Lipinski definition) is 13. The Kier molecular flexibility index (Phi) is 17.7. The summed E-state index contributed by atoms with van der Waals surface area (Å²) in [5.74, 6) is -8.86. The maximum Gasteiger partial charge on any atom is 0.330 e. The molecule has 2 aromatic rings. The number of nitrogens with one attached hydrogen (secondary N) is 4. The van der Waals surface area contributed by atoms with Gasteiger partial charge in [0.2, 0.25) is 11.8 Å². The molecule has 0 spiro atoms. The molecule has 2 rings (SSSR count). The molecule has 6 atom stereocenters. The molecule has 0 aliphatic heterocycles. The number of aliphatic imine (C=N–C) groups is 2. The first kappa shape index (κ1) is 46.2. The fraction of sp³-hybridized carbons (Fsp3) is 0.400. The van der Waals surface area contributed by atoms with Crippen LogP contribution in [0.5, 0.6) is 23.0 Å². The van der Waals surface area contributed by atoms with Gasteiger partial charge in [0.05, 0.1) is 17.2 Å². The molecule has 22 nitrogen and oxygen atoms in total. The van der Waals surface area contributed by atoms with E-state index < -0.39 is 89.0 Å². The summed E-state index contributed by atoms with van der Waals surface area (Å²) in [6, 6.07) is 1.23. The number of rotatable bonds is 22. The second-order valence-electron chi connectivity index (χ2n) is 12.6. The number of nitrogens with two attached hydrogens (primary N) is 4. The highest BCUT2D eigenvalue weighted by molar-refractivity contribution is 6.01. The maximum atomic E-state index is 13.6. The van der Waals surface area contributed by atoms with Gasteiger partial charge in [0.15, 0.2) is 41.0 Å². The first-order valence-electron chi connectivity index (χ1n) is 17.4. The van der Waals surface area contributed by atoms with E-state index in [1.165, 1.54) is 38.1 Å². The lowest BCUT2D eigenvalue weighted by Crippen LogP contribution is -2.56. The zero-order chi connectivity index (χ0) is 43.0. The molecule has 2 aromatic carbocycles. The second-order valence-corrected chi connectivity index (χ2v) is 12.6. The Balaban J connectivity index is 2.27. The van der Waals surface area contributed by atoms with Crippen LogP contribution < -0.4 is 44.2 Å². The zero-order valence-electron chi connectivity index (χ0n) is 31.2. The minimum atomic E-state index is -1.82. The zero-order valence-corrected chi connectivity index (χ0v) is 31.2. The fourth-order valence-corrected chi connectivity index (χ4v) is 5.18. The Bertz CT molecular complexity index is 1830. The van der Waals surface area contributed by atoms with Gasteiger partial charge in [-0.25, -0.2) is 4.79 Å². The molecule has 18 N–H and O–H groups in total. The average Bonchev–Trinajstić information content (AvgIpc) is 3.13. The van der Waals surface area contributed by atoms with Crippen molar-refractivity contribution in [3.8, 4) is 23.0 Å². The topological polar surface area (TPSA) is 393 Å². The lowest BCUT2D eigenvalue weighted by atomic mass is 10.1. The van der Waals surface area contributed by atoms with E-state index >= 15 is 0 Å². The molecule has 312 valence electrons. The van der Waals surface area contributed by atoms with E-state index in [4.69, 9.17) is 27.7 Å². The predicted octanol–water partition coefficient (Wildman–Crippen LogP) is -2.13. The maximum absolute atomic E-state index is 13.6. The smallest absolute Gasteiger partial charge is 0.330 e. The predicted molar refractivity (Wildman–Crippen MR) is 205 cm³/mol. The van der Waals surface area contributed by atoms with Gasteiger partial charge in [-0.15, -0.1) is 0 Å². The minimum absolute atomic E-state index is 0.0344. The number of carbonyl (C=O) groups is 5. The number of amides is 4. The number of carboxylic acids is 1. The van der Waals surface area contributed by atoms with Gasteiger partial charge < -0.3 is 79.6 Å². The summed E-state index contributed by atoms with van der Waals surface area (Å²) < 4.78 is 5.71. The SMILES string of the molecule is C=C(O[C@H](C)[C@H](NC(=O)[C@H](CCCN=C(N)N)NC(=O)c1cccc(O)c1O)C(=O)O)[C@@H](NC(=O)[C@H](CCCN=C(N)N)NC(=O)c1cccc(O)c1O)[C@@H](C)O. The molecular formula is C35H50N10O12. The van der Waals surface area contributed by atoms with Gasteiger partial charge in [-0.3, -0.25) is 29.2 Å². The Morgan fingerprint density at radius 3 is 1.47 bits per heavy atom. The van der Waals surface area contributed by atoms with Crippen molar-refractivity contribution >= 4 is 41.5 Å². The lowest BCUT2D eigenvalue weighted by molar-refractivity contribution is -0.145. The highest BCUT2D eigenvalue weighted by Gasteiger charge is 2.35. The van der Waals surface area contributed by atoms with Crippen LogP contribution in [0.1, 0.15) is 60.2 Å². The fourth-order valence-electron chi connectivity index (χ4n) is 5.18. The van der Waals surface area contributed by atoms with Gasteiger partial charge >= 0.3 is 5.97 Å². The molecule has 0 bridgehead atoms. The number of carbonyl (C=O) groups excluding carboxylic acids is 4. The van der Waals surface area contributed by atoms with Gasteiger partial charge in [0, 0.05) is 13.1 Å². The number of aliphatic hydroxyl groups is 1. The van der Waals surface area contributed by atoms with Crippen molar-refractivity contribution in [1.29, 1.82) is 0 Å². The number of phenols is 4. The van der Waals surface area contributed by atoms with Gasteiger partial charge in [-0.05, 0) is 63.8 Å². The quantitative estimate of drug-likeness (QED) is 0.0199. The summed E-state index contributed by atoms with van der Waals surface area (Å²) in [5.41, 5.74) is 20.7. The number of carboxylic acid groups (broad SMARTS) is 1. The minimum Gasteiger partial charge on any atom is -0.504 e. The summed E-state index contributed by atoms with van der Waals surface area (Å²) in [7, 11) is 0. The van der Waals surface area contributed by atoms with Crippen LogP contribution in [0, 0.1) is 0 Å². The normalized spacial score (nSPS) is 13.9. The van der Waals surface area contributed by atoms with Crippen LogP contribution in [0.3, 0.4) is 0 Å². The lowest BCUT2D eigenvalue weighted by Gasteiger charge is -2.30. The number of hydrogen-bond donors (Lipinski definition) is 14. The summed E-state index contributed by atoms with van der Waals surface area (Å²) in [6.45, 7) is 6.34. The molecule has 22 heteroatoms. The summed E-state index contributed by atoms with van der Waals surface area (Å²) in [5, 5.41) is 70.3. The largest absolute Gasteiger partial charge is 0.504 e. The van der Waals surface area contributed by atoms with Crippen molar-refractivity contribution in [2.45, 2.75) is 75.9 Å². The molecule has 0 unspecified atom stereocenters. The van der Waals surface area contributed by atoms with E-state index in [1.54, 1.807) is 0 Å². The van der Waals surface area contributed by atoms with Crippen LogP contribution in [0.4, 0.5) is 0 Å². The van der Waals surface area contributed by atoms with Crippen LogP contribution in [0.15, 0.2) is 58.7 Å². The first-order chi connectivity index (χ1) is 26.7. The van der Waals surface area contributed by atoms with Gasteiger partial charge in [0.1, 0.15) is 30.0 Å². The number of benzene rings is 2. The van der Waals surface area contributed by atoms with Crippen LogP contribution >= 0.6 is 0 Å². The summed E-state index contributed by atoms with van der Waals surface area (Å²) >= 11 is 0. The molecule has 57 heavy (non-hydrogen) atoms. The Hall–Kier alpha value is -6.97. The summed E-state index contributed by atoms with van der Waals surface area (Å²) in [6.07, 6.45) is -2.74. The van der Waals surface area contributed by atoms with Crippen molar-refractivity contribution in [1.82, 2.24) is 21.3 Å². The number of aromatic hydroxyl groups is 4. The number of ether oxygens (including phenoxy) is 1. The van der Waals surface area contributed by atoms with Crippen LogP contribution in [0.2, 0.25) is 0 Å². The number of guanidine groups is 2. The summed E-state index contributed by atoms with van der Waals surface area (Å²) in [4.78, 5) is 73.2. The average molecular weight is 803 g/mol. The van der Waals surface area contributed by atoms with Crippen LogP contribution in [0.25, 0.3) is 0 Å². The second kappa shape index (κ2) is 21.8. The van der Waals surface area contributed by atoms with E-state index in [0.717, 1.165) is 12.1 Å². The van der Waals surface area contributed by atoms with E-state index in [1.807, 2.05) is 0 Å². The number of nitrogens with zero attached hydrogens (tertiary/aromatic N) is 2. The van der Waals surface area contributed by atoms with Crippen molar-refractivity contribution in [3.05, 3.63) is 59.9 Å². The first-order valence-corrected chi connectivity index (χ1v) is 17.4. The third kappa shape index (κ3) is 14.3. The third-order valence-corrected chi connectivity index (χ3v) is 8.15. The molecule has 0 aliphatic rings. The molecule has 0 saturated carbocycles. The molecule has 0 heterocycles. The monoisotopic (exact) mass is 802 g/mol. The Labute approximate surface area is 326 Å². The molecule has 0 aliphatic carbocycles.